The third kappa shape index (κ3) is 12.4. The Hall–Kier alpha value is -4.09. The lowest BCUT2D eigenvalue weighted by Gasteiger charge is -2.44. The molecular weight excluding hydrogens is 622 g/mol. The maximum absolute atomic E-state index is 12.0. The number of unbranched alkanes of at least 4 members (excludes halogenated alkanes) is 2. The molecule has 5 atom stereocenters. The molecule has 2 unspecified atom stereocenters. The number of amides is 1. The average molecular weight is 670 g/mol. The first-order valence-electron chi connectivity index (χ1n) is 17.0. The van der Waals surface area contributed by atoms with Crippen molar-refractivity contribution in [1.29, 1.82) is 0 Å². The Kier molecular flexibility index (Phi) is 15.1. The van der Waals surface area contributed by atoms with E-state index in [2.05, 4.69) is 5.32 Å². The first-order chi connectivity index (χ1) is 24.2. The summed E-state index contributed by atoms with van der Waals surface area (Å²) in [6, 6.07) is 39.2. The van der Waals surface area contributed by atoms with E-state index in [0.717, 1.165) is 35.1 Å². The Bertz CT molecular complexity index is 1460. The van der Waals surface area contributed by atoms with Crippen molar-refractivity contribution in [2.75, 3.05) is 19.8 Å². The lowest BCUT2D eigenvalue weighted by molar-refractivity contribution is -0.319. The fourth-order valence-electron chi connectivity index (χ4n) is 5.53. The van der Waals surface area contributed by atoms with Crippen molar-refractivity contribution >= 4 is 6.09 Å². The van der Waals surface area contributed by atoms with E-state index in [0.29, 0.717) is 39.4 Å². The highest BCUT2D eigenvalue weighted by Crippen LogP contribution is 2.29. The van der Waals surface area contributed by atoms with E-state index in [1.165, 1.54) is 0 Å². The molecule has 1 aliphatic rings. The number of aliphatic hydroxyl groups excluding tert-OH is 1. The topological polar surface area (TPSA) is 105 Å². The van der Waals surface area contributed by atoms with Crippen molar-refractivity contribution in [1.82, 2.24) is 5.32 Å². The molecule has 9 heteroatoms. The molecule has 0 radical (unpaired) electrons. The van der Waals surface area contributed by atoms with Gasteiger partial charge in [-0.15, -0.1) is 0 Å². The Balaban J connectivity index is 1.15. The fourth-order valence-corrected chi connectivity index (χ4v) is 5.53. The Morgan fingerprint density at radius 2 is 1.12 bits per heavy atom. The minimum atomic E-state index is -1.10. The molecule has 1 aliphatic heterocycles. The van der Waals surface area contributed by atoms with E-state index < -0.39 is 36.8 Å². The summed E-state index contributed by atoms with van der Waals surface area (Å²) < 4.78 is 36.7. The summed E-state index contributed by atoms with van der Waals surface area (Å²) in [5.41, 5.74) is 3.97. The normalized spacial score (nSPS) is 20.5. The van der Waals surface area contributed by atoms with Crippen molar-refractivity contribution in [2.24, 2.45) is 0 Å². The van der Waals surface area contributed by atoms with Crippen molar-refractivity contribution in [3.63, 3.8) is 0 Å². The van der Waals surface area contributed by atoms with Gasteiger partial charge in [-0.25, -0.2) is 4.79 Å². The maximum atomic E-state index is 12.0. The van der Waals surface area contributed by atoms with Crippen LogP contribution < -0.4 is 5.32 Å². The molecule has 49 heavy (non-hydrogen) atoms. The summed E-state index contributed by atoms with van der Waals surface area (Å²) in [7, 11) is 0. The van der Waals surface area contributed by atoms with E-state index in [9.17, 15) is 9.90 Å². The molecule has 1 fully saturated rings. The quantitative estimate of drug-likeness (QED) is 0.108. The molecule has 1 heterocycles. The van der Waals surface area contributed by atoms with Gasteiger partial charge in [-0.2, -0.15) is 0 Å². The van der Waals surface area contributed by atoms with Crippen LogP contribution in [0.5, 0.6) is 0 Å². The van der Waals surface area contributed by atoms with Gasteiger partial charge < -0.3 is 38.8 Å². The molecule has 1 amide bonds. The van der Waals surface area contributed by atoms with Crippen molar-refractivity contribution in [3.8, 4) is 0 Å². The summed E-state index contributed by atoms with van der Waals surface area (Å²) in [6.45, 7) is 2.32. The first-order valence-corrected chi connectivity index (χ1v) is 17.0. The van der Waals surface area contributed by atoms with Gasteiger partial charge in [-0.3, -0.25) is 0 Å². The van der Waals surface area contributed by atoms with Crippen LogP contribution in [0.2, 0.25) is 0 Å². The average Bonchev–Trinajstić information content (AvgIpc) is 3.15. The number of benzene rings is 4. The molecule has 4 aromatic rings. The highest BCUT2D eigenvalue weighted by Gasteiger charge is 2.47. The van der Waals surface area contributed by atoms with Crippen molar-refractivity contribution in [3.05, 3.63) is 144 Å². The predicted molar refractivity (Wildman–Crippen MR) is 185 cm³/mol. The number of ether oxygens (including phenoxy) is 6. The van der Waals surface area contributed by atoms with Crippen LogP contribution in [0, 0.1) is 0 Å². The molecule has 260 valence electrons. The molecule has 5 rings (SSSR count). The fraction of sp³-hybridized carbons (Fsp3) is 0.375. The molecular formula is C40H47NO8. The summed E-state index contributed by atoms with van der Waals surface area (Å²) in [5, 5.41) is 14.4. The first kappa shape index (κ1) is 36.2. The SMILES string of the molecule is O=C(NCCCCCO[C@@H]1OC(COCc2ccccc2)[C@H](OCc2ccccc2)[C@@H](OCc2ccccc2)C1O)OCc1ccccc1. The van der Waals surface area contributed by atoms with Gasteiger partial charge in [0.1, 0.15) is 31.0 Å². The Morgan fingerprint density at radius 1 is 0.612 bits per heavy atom. The van der Waals surface area contributed by atoms with Gasteiger partial charge in [0.05, 0.1) is 26.4 Å². The summed E-state index contributed by atoms with van der Waals surface area (Å²) in [5.74, 6) is 0. The minimum absolute atomic E-state index is 0.220. The van der Waals surface area contributed by atoms with Crippen LogP contribution in [0.15, 0.2) is 121 Å². The van der Waals surface area contributed by atoms with Crippen molar-refractivity contribution < 1.29 is 38.3 Å². The van der Waals surface area contributed by atoms with E-state index in [1.807, 2.05) is 121 Å². The zero-order valence-electron chi connectivity index (χ0n) is 27.8. The predicted octanol–water partition coefficient (Wildman–Crippen LogP) is 6.57. The van der Waals surface area contributed by atoms with E-state index in [1.54, 1.807) is 0 Å². The van der Waals surface area contributed by atoms with Gasteiger partial charge in [0.2, 0.25) is 0 Å². The summed E-state index contributed by atoms with van der Waals surface area (Å²) >= 11 is 0. The van der Waals surface area contributed by atoms with Crippen LogP contribution in [0.25, 0.3) is 0 Å². The number of nitrogens with one attached hydrogen (secondary N) is 1. The monoisotopic (exact) mass is 669 g/mol. The molecule has 0 saturated carbocycles. The molecule has 1 saturated heterocycles. The lowest BCUT2D eigenvalue weighted by atomic mass is 9.98. The second kappa shape index (κ2) is 20.4. The van der Waals surface area contributed by atoms with Crippen LogP contribution in [0.4, 0.5) is 4.79 Å². The summed E-state index contributed by atoms with van der Waals surface area (Å²) in [4.78, 5) is 12.0. The molecule has 4 aromatic carbocycles. The number of carbonyl (C=O) groups is 1. The highest BCUT2D eigenvalue weighted by molar-refractivity contribution is 5.67. The number of aliphatic hydroxyl groups is 1. The number of rotatable bonds is 19. The van der Waals surface area contributed by atoms with Crippen molar-refractivity contribution in [2.45, 2.75) is 76.4 Å². The van der Waals surface area contributed by atoms with Crippen LogP contribution in [0.1, 0.15) is 41.5 Å². The molecule has 9 nitrogen and oxygen atoms in total. The lowest BCUT2D eigenvalue weighted by Crippen LogP contribution is -2.61. The standard InChI is InChI=1S/C40H47NO8/c42-36-38(47-28-33-20-10-3-11-21-33)37(46-27-32-18-8-2-9-19-32)35(30-44-26-31-16-6-1-7-17-31)49-39(36)45-25-15-5-14-24-41-40(43)48-29-34-22-12-4-13-23-34/h1-4,6-13,16-23,35-39,42H,5,14-15,24-30H2,(H,41,43)/t35?,36?,37-,38-,39+/m0/s1. The number of alkyl carbamates (subject to hydrolysis) is 1. The van der Waals surface area contributed by atoms with Gasteiger partial charge in [0.25, 0.3) is 0 Å². The maximum Gasteiger partial charge on any atom is 0.407 e. The van der Waals surface area contributed by atoms with Gasteiger partial charge in [-0.1, -0.05) is 121 Å². The zero-order chi connectivity index (χ0) is 33.9. The summed E-state index contributed by atoms with van der Waals surface area (Å²) in [6.07, 6.45) is -2.12. The number of carbonyl (C=O) groups excluding carboxylic acids is 1. The number of hydrogen-bond acceptors (Lipinski definition) is 8. The molecule has 0 bridgehead atoms. The molecule has 0 aromatic heterocycles. The highest BCUT2D eigenvalue weighted by atomic mass is 16.7. The third-order valence-corrected chi connectivity index (χ3v) is 8.16. The molecule has 0 spiro atoms. The second-order valence-electron chi connectivity index (χ2n) is 12.0. The minimum Gasteiger partial charge on any atom is -0.445 e. The third-order valence-electron chi connectivity index (χ3n) is 8.16. The molecule has 0 aliphatic carbocycles. The van der Waals surface area contributed by atoms with Crippen LogP contribution in [0.3, 0.4) is 0 Å². The Labute approximate surface area is 289 Å². The van der Waals surface area contributed by atoms with E-state index in [4.69, 9.17) is 28.4 Å². The Morgan fingerprint density at radius 3 is 1.69 bits per heavy atom. The number of hydrogen-bond donors (Lipinski definition) is 2. The van der Waals surface area contributed by atoms with Gasteiger partial charge in [0.15, 0.2) is 6.29 Å². The largest absolute Gasteiger partial charge is 0.445 e. The van der Waals surface area contributed by atoms with Gasteiger partial charge in [-0.05, 0) is 41.5 Å². The van der Waals surface area contributed by atoms with Gasteiger partial charge in [0, 0.05) is 13.2 Å². The van der Waals surface area contributed by atoms with E-state index in [-0.39, 0.29) is 13.2 Å². The smallest absolute Gasteiger partial charge is 0.407 e. The molecule has 2 N–H and O–H groups in total. The van der Waals surface area contributed by atoms with E-state index >= 15 is 0 Å². The zero-order valence-corrected chi connectivity index (χ0v) is 27.8. The second-order valence-corrected chi connectivity index (χ2v) is 12.0. The van der Waals surface area contributed by atoms with Crippen LogP contribution in [-0.2, 0) is 54.8 Å². The van der Waals surface area contributed by atoms with Crippen LogP contribution in [-0.4, -0.2) is 61.7 Å². The van der Waals surface area contributed by atoms with Crippen LogP contribution >= 0.6 is 0 Å². The van der Waals surface area contributed by atoms with Gasteiger partial charge >= 0.3 is 6.09 Å².